The molecule has 1 aliphatic heterocycles. The van der Waals surface area contributed by atoms with Gasteiger partial charge in [0.05, 0.1) is 12.2 Å². The van der Waals surface area contributed by atoms with Crippen molar-refractivity contribution in [2.24, 2.45) is 10.9 Å². The summed E-state index contributed by atoms with van der Waals surface area (Å²) in [6.45, 7) is 10.5. The molecule has 0 unspecified atom stereocenters. The molecular formula is C20H35N5O2. The molecule has 1 amide bonds. The van der Waals surface area contributed by atoms with E-state index < -0.39 is 0 Å². The average Bonchev–Trinajstić information content (AvgIpc) is 3.16. The second-order valence-corrected chi connectivity index (χ2v) is 7.56. The van der Waals surface area contributed by atoms with E-state index in [2.05, 4.69) is 48.5 Å². The number of rotatable bonds is 7. The van der Waals surface area contributed by atoms with Gasteiger partial charge in [-0.25, -0.2) is 0 Å². The normalized spacial score (nSPS) is 16.3. The van der Waals surface area contributed by atoms with Gasteiger partial charge in [-0.3, -0.25) is 9.79 Å². The second-order valence-electron chi connectivity index (χ2n) is 7.56. The lowest BCUT2D eigenvalue weighted by atomic mass is 9.98. The maximum atomic E-state index is 12.5. The lowest BCUT2D eigenvalue weighted by molar-refractivity contribution is -0.136. The van der Waals surface area contributed by atoms with Gasteiger partial charge in [-0.15, -0.1) is 0 Å². The number of likely N-dealkylation sites (tertiary alicyclic amines) is 1. The molecule has 0 bridgehead atoms. The first-order chi connectivity index (χ1) is 13.0. The van der Waals surface area contributed by atoms with Crippen LogP contribution in [0.25, 0.3) is 0 Å². The first-order valence-corrected chi connectivity index (χ1v) is 10.2. The van der Waals surface area contributed by atoms with E-state index in [9.17, 15) is 4.79 Å². The molecule has 0 radical (unpaired) electrons. The van der Waals surface area contributed by atoms with Crippen LogP contribution in [0.4, 0.5) is 0 Å². The highest BCUT2D eigenvalue weighted by Crippen LogP contribution is 2.17. The topological polar surface area (TPSA) is 82.8 Å². The number of nitrogens with one attached hydrogen (secondary N) is 2. The molecule has 1 saturated heterocycles. The van der Waals surface area contributed by atoms with E-state index in [4.69, 9.17) is 4.52 Å². The molecule has 2 heterocycles. The monoisotopic (exact) mass is 377 g/mol. The van der Waals surface area contributed by atoms with Crippen LogP contribution in [0.15, 0.2) is 15.6 Å². The van der Waals surface area contributed by atoms with Crippen LogP contribution in [0.5, 0.6) is 0 Å². The van der Waals surface area contributed by atoms with Crippen molar-refractivity contribution in [3.05, 3.63) is 17.5 Å². The quantitative estimate of drug-likeness (QED) is 0.564. The molecule has 7 nitrogen and oxygen atoms in total. The maximum Gasteiger partial charge on any atom is 0.225 e. The minimum Gasteiger partial charge on any atom is -0.359 e. The third-order valence-corrected chi connectivity index (χ3v) is 5.30. The summed E-state index contributed by atoms with van der Waals surface area (Å²) in [4.78, 5) is 18.8. The standard InChI is InChI=1S/C20H35N5O2/c1-6-15(7-2)19(26)25-10-8-16(9-11-25)23-20(21-5)22-13-17-12-18(14(3)4)24-27-17/h12,14-16H,6-11,13H2,1-5H3,(H2,21,22,23). The Labute approximate surface area is 163 Å². The summed E-state index contributed by atoms with van der Waals surface area (Å²) >= 11 is 0. The highest BCUT2D eigenvalue weighted by Gasteiger charge is 2.26. The SMILES string of the molecule is CCC(CC)C(=O)N1CCC(NC(=NC)NCc2cc(C(C)C)no2)CC1. The number of nitrogens with zero attached hydrogens (tertiary/aromatic N) is 3. The van der Waals surface area contributed by atoms with E-state index in [0.717, 1.165) is 56.2 Å². The third-order valence-electron chi connectivity index (χ3n) is 5.30. The fraction of sp³-hybridized carbons (Fsp3) is 0.750. The van der Waals surface area contributed by atoms with Crippen molar-refractivity contribution in [1.29, 1.82) is 0 Å². The number of aliphatic imine (C=N–C) groups is 1. The van der Waals surface area contributed by atoms with E-state index in [0.29, 0.717) is 24.4 Å². The summed E-state index contributed by atoms with van der Waals surface area (Å²) in [6, 6.07) is 2.30. The molecule has 0 aliphatic carbocycles. The van der Waals surface area contributed by atoms with Crippen LogP contribution >= 0.6 is 0 Å². The van der Waals surface area contributed by atoms with E-state index in [1.54, 1.807) is 7.05 Å². The van der Waals surface area contributed by atoms with Gasteiger partial charge in [-0.2, -0.15) is 0 Å². The lowest BCUT2D eigenvalue weighted by Gasteiger charge is -2.34. The summed E-state index contributed by atoms with van der Waals surface area (Å²) in [5.74, 6) is 2.39. The Morgan fingerprint density at radius 3 is 2.52 bits per heavy atom. The molecule has 152 valence electrons. The third kappa shape index (κ3) is 5.97. The predicted molar refractivity (Wildman–Crippen MR) is 108 cm³/mol. The van der Waals surface area contributed by atoms with Crippen LogP contribution in [0.1, 0.15) is 70.8 Å². The Hall–Kier alpha value is -2.05. The van der Waals surface area contributed by atoms with Gasteiger partial charge in [0.2, 0.25) is 5.91 Å². The molecule has 0 spiro atoms. The first kappa shape index (κ1) is 21.3. The number of piperidine rings is 1. The number of amides is 1. The van der Waals surface area contributed by atoms with Crippen LogP contribution in [0, 0.1) is 5.92 Å². The van der Waals surface area contributed by atoms with Crippen molar-refractivity contribution >= 4 is 11.9 Å². The second kappa shape index (κ2) is 10.3. The lowest BCUT2D eigenvalue weighted by Crippen LogP contribution is -2.50. The maximum absolute atomic E-state index is 12.5. The Morgan fingerprint density at radius 1 is 1.33 bits per heavy atom. The number of carbonyl (C=O) groups is 1. The van der Waals surface area contributed by atoms with Gasteiger partial charge in [-0.1, -0.05) is 32.9 Å². The van der Waals surface area contributed by atoms with Crippen molar-refractivity contribution < 1.29 is 9.32 Å². The van der Waals surface area contributed by atoms with Crippen LogP contribution in [-0.4, -0.2) is 48.1 Å². The zero-order valence-electron chi connectivity index (χ0n) is 17.4. The summed E-state index contributed by atoms with van der Waals surface area (Å²) in [6.07, 6.45) is 3.72. The minimum absolute atomic E-state index is 0.168. The Bertz CT molecular complexity index is 614. The molecule has 2 N–H and O–H groups in total. The van der Waals surface area contributed by atoms with E-state index >= 15 is 0 Å². The van der Waals surface area contributed by atoms with Gasteiger partial charge in [0, 0.05) is 38.2 Å². The predicted octanol–water partition coefficient (Wildman–Crippen LogP) is 2.89. The Balaban J connectivity index is 1.78. The molecule has 0 saturated carbocycles. The van der Waals surface area contributed by atoms with E-state index in [1.165, 1.54) is 0 Å². The molecule has 2 rings (SSSR count). The fourth-order valence-electron chi connectivity index (χ4n) is 3.38. The molecule has 1 aliphatic rings. The summed E-state index contributed by atoms with van der Waals surface area (Å²) in [5.41, 5.74) is 0.962. The van der Waals surface area contributed by atoms with Gasteiger partial charge in [0.1, 0.15) is 0 Å². The zero-order valence-corrected chi connectivity index (χ0v) is 17.4. The smallest absolute Gasteiger partial charge is 0.225 e. The van der Waals surface area contributed by atoms with Gasteiger partial charge in [0.15, 0.2) is 11.7 Å². The van der Waals surface area contributed by atoms with Gasteiger partial charge < -0.3 is 20.1 Å². The van der Waals surface area contributed by atoms with Crippen molar-refractivity contribution in [2.75, 3.05) is 20.1 Å². The van der Waals surface area contributed by atoms with Gasteiger partial charge >= 0.3 is 0 Å². The largest absolute Gasteiger partial charge is 0.359 e. The molecule has 0 atom stereocenters. The number of hydrogen-bond acceptors (Lipinski definition) is 4. The molecule has 1 aromatic heterocycles. The zero-order chi connectivity index (χ0) is 19.8. The average molecular weight is 378 g/mol. The minimum atomic E-state index is 0.168. The van der Waals surface area contributed by atoms with Crippen LogP contribution in [0.2, 0.25) is 0 Å². The van der Waals surface area contributed by atoms with Crippen molar-refractivity contribution in [1.82, 2.24) is 20.7 Å². The highest BCUT2D eigenvalue weighted by molar-refractivity contribution is 5.80. The summed E-state index contributed by atoms with van der Waals surface area (Å²) in [5, 5.41) is 10.8. The van der Waals surface area contributed by atoms with E-state index in [1.807, 2.05) is 11.0 Å². The number of hydrogen-bond donors (Lipinski definition) is 2. The Morgan fingerprint density at radius 2 is 2.00 bits per heavy atom. The fourth-order valence-corrected chi connectivity index (χ4v) is 3.38. The van der Waals surface area contributed by atoms with Crippen molar-refractivity contribution in [3.8, 4) is 0 Å². The van der Waals surface area contributed by atoms with Crippen LogP contribution in [0.3, 0.4) is 0 Å². The molecule has 1 aromatic rings. The van der Waals surface area contributed by atoms with Crippen LogP contribution in [-0.2, 0) is 11.3 Å². The number of aromatic nitrogens is 1. The molecule has 1 fully saturated rings. The molecule has 0 aromatic carbocycles. The molecular weight excluding hydrogens is 342 g/mol. The number of carbonyl (C=O) groups excluding carboxylic acids is 1. The van der Waals surface area contributed by atoms with Gasteiger partial charge in [-0.05, 0) is 31.6 Å². The molecule has 27 heavy (non-hydrogen) atoms. The first-order valence-electron chi connectivity index (χ1n) is 10.2. The number of guanidine groups is 1. The summed E-state index contributed by atoms with van der Waals surface area (Å²) in [7, 11) is 1.76. The van der Waals surface area contributed by atoms with Crippen LogP contribution < -0.4 is 10.6 Å². The molecule has 7 heteroatoms. The Kier molecular flexibility index (Phi) is 8.13. The summed E-state index contributed by atoms with van der Waals surface area (Å²) < 4.78 is 5.36. The van der Waals surface area contributed by atoms with Crippen molar-refractivity contribution in [2.45, 2.75) is 71.9 Å². The highest BCUT2D eigenvalue weighted by atomic mass is 16.5. The van der Waals surface area contributed by atoms with E-state index in [-0.39, 0.29) is 5.92 Å². The van der Waals surface area contributed by atoms with Gasteiger partial charge in [0.25, 0.3) is 0 Å². The van der Waals surface area contributed by atoms with Crippen molar-refractivity contribution in [3.63, 3.8) is 0 Å².